The summed E-state index contributed by atoms with van der Waals surface area (Å²) in [5.41, 5.74) is 0. The maximum absolute atomic E-state index is 11.0. The molecule has 0 aliphatic heterocycles. The minimum Gasteiger partial charge on any atom is -0.410 e. The topological polar surface area (TPSA) is 46.5 Å². The van der Waals surface area contributed by atoms with E-state index >= 15 is 0 Å². The first-order valence-electron chi connectivity index (χ1n) is 9.78. The lowest BCUT2D eigenvalue weighted by Gasteiger charge is -2.41. The molecular formula is C21H38O3Si. The minimum atomic E-state index is -1.97. The first-order chi connectivity index (χ1) is 11.6. The van der Waals surface area contributed by atoms with Crippen molar-refractivity contribution in [3.63, 3.8) is 0 Å². The molecule has 0 saturated heterocycles. The van der Waals surface area contributed by atoms with Crippen LogP contribution in [-0.4, -0.2) is 31.9 Å². The summed E-state index contributed by atoms with van der Waals surface area (Å²) in [5, 5.41) is 10.6. The van der Waals surface area contributed by atoms with Gasteiger partial charge >= 0.3 is 0 Å². The van der Waals surface area contributed by atoms with Gasteiger partial charge in [0, 0.05) is 12.3 Å². The van der Waals surface area contributed by atoms with Gasteiger partial charge in [-0.1, -0.05) is 64.8 Å². The third-order valence-corrected chi connectivity index (χ3v) is 10.2. The SMILES string of the molecule is CCCCC/C=C/[C@@H](O[Si](C)(C)C(C)(C)C)[C@H]1[C@@H](O)C=C[C@H]1CC=O. The molecule has 4 heteroatoms. The average molecular weight is 367 g/mol. The van der Waals surface area contributed by atoms with Crippen molar-refractivity contribution in [1.82, 2.24) is 0 Å². The van der Waals surface area contributed by atoms with E-state index in [1.807, 2.05) is 12.2 Å². The van der Waals surface area contributed by atoms with Gasteiger partial charge in [0.05, 0.1) is 12.2 Å². The van der Waals surface area contributed by atoms with Gasteiger partial charge in [0.1, 0.15) is 6.29 Å². The Balaban J connectivity index is 2.96. The summed E-state index contributed by atoms with van der Waals surface area (Å²) in [6, 6.07) is 0. The summed E-state index contributed by atoms with van der Waals surface area (Å²) in [4.78, 5) is 11.0. The van der Waals surface area contributed by atoms with E-state index in [4.69, 9.17) is 4.43 Å². The van der Waals surface area contributed by atoms with Crippen LogP contribution in [0.1, 0.15) is 59.8 Å². The number of carbonyl (C=O) groups is 1. The van der Waals surface area contributed by atoms with E-state index in [2.05, 4.69) is 52.9 Å². The van der Waals surface area contributed by atoms with Crippen molar-refractivity contribution in [3.05, 3.63) is 24.3 Å². The van der Waals surface area contributed by atoms with Crippen LogP contribution in [0.2, 0.25) is 18.1 Å². The van der Waals surface area contributed by atoms with Crippen LogP contribution in [0, 0.1) is 11.8 Å². The molecule has 0 fully saturated rings. The first-order valence-corrected chi connectivity index (χ1v) is 12.7. The van der Waals surface area contributed by atoms with Crippen LogP contribution < -0.4 is 0 Å². The maximum Gasteiger partial charge on any atom is 0.192 e. The number of aliphatic hydroxyl groups is 1. The van der Waals surface area contributed by atoms with Gasteiger partial charge in [0.25, 0.3) is 0 Å². The van der Waals surface area contributed by atoms with E-state index in [-0.39, 0.29) is 23.0 Å². The van der Waals surface area contributed by atoms with Gasteiger partial charge in [-0.05, 0) is 36.9 Å². The minimum absolute atomic E-state index is 0.0579. The van der Waals surface area contributed by atoms with Gasteiger partial charge in [-0.25, -0.2) is 0 Å². The van der Waals surface area contributed by atoms with Gasteiger partial charge < -0.3 is 14.3 Å². The molecule has 0 saturated carbocycles. The van der Waals surface area contributed by atoms with Gasteiger partial charge in [-0.15, -0.1) is 0 Å². The molecule has 1 aliphatic rings. The van der Waals surface area contributed by atoms with E-state index in [9.17, 15) is 9.90 Å². The monoisotopic (exact) mass is 366 g/mol. The lowest BCUT2D eigenvalue weighted by atomic mass is 9.86. The molecule has 0 spiro atoms. The summed E-state index contributed by atoms with van der Waals surface area (Å²) in [6.07, 6.45) is 13.5. The van der Waals surface area contributed by atoms with Crippen molar-refractivity contribution >= 4 is 14.6 Å². The van der Waals surface area contributed by atoms with E-state index in [1.165, 1.54) is 19.3 Å². The molecule has 0 radical (unpaired) electrons. The molecule has 4 atom stereocenters. The number of hydrogen-bond donors (Lipinski definition) is 1. The summed E-state index contributed by atoms with van der Waals surface area (Å²) >= 11 is 0. The van der Waals surface area contributed by atoms with Crippen molar-refractivity contribution in [1.29, 1.82) is 0 Å². The number of rotatable bonds is 10. The number of unbranched alkanes of at least 4 members (excludes halogenated alkanes) is 3. The van der Waals surface area contributed by atoms with Crippen molar-refractivity contribution in [2.24, 2.45) is 11.8 Å². The predicted molar refractivity (Wildman–Crippen MR) is 108 cm³/mol. The number of hydrogen-bond acceptors (Lipinski definition) is 3. The Morgan fingerprint density at radius 3 is 2.48 bits per heavy atom. The highest BCUT2D eigenvalue weighted by Gasteiger charge is 2.43. The first kappa shape index (κ1) is 22.3. The maximum atomic E-state index is 11.0. The molecule has 0 heterocycles. The summed E-state index contributed by atoms with van der Waals surface area (Å²) < 4.78 is 6.68. The zero-order valence-electron chi connectivity index (χ0n) is 17.0. The molecule has 0 aromatic carbocycles. The van der Waals surface area contributed by atoms with Gasteiger partial charge in [-0.2, -0.15) is 0 Å². The summed E-state index contributed by atoms with van der Waals surface area (Å²) in [5.74, 6) is -0.00990. The molecular weight excluding hydrogens is 328 g/mol. The molecule has 144 valence electrons. The number of carbonyl (C=O) groups excluding carboxylic acids is 1. The van der Waals surface area contributed by atoms with E-state index < -0.39 is 14.4 Å². The van der Waals surface area contributed by atoms with Crippen molar-refractivity contribution < 1.29 is 14.3 Å². The smallest absolute Gasteiger partial charge is 0.192 e. The molecule has 3 nitrogen and oxygen atoms in total. The summed E-state index contributed by atoms with van der Waals surface area (Å²) in [7, 11) is -1.97. The lowest BCUT2D eigenvalue weighted by molar-refractivity contribution is -0.109. The molecule has 1 N–H and O–H groups in total. The van der Waals surface area contributed by atoms with Crippen molar-refractivity contribution in [2.75, 3.05) is 0 Å². The number of allylic oxidation sites excluding steroid dienone is 2. The highest BCUT2D eigenvalue weighted by molar-refractivity contribution is 6.74. The molecule has 1 aliphatic carbocycles. The second-order valence-electron chi connectivity index (χ2n) is 8.79. The Kier molecular flexibility index (Phi) is 8.79. The van der Waals surface area contributed by atoms with Gasteiger partial charge in [-0.3, -0.25) is 0 Å². The van der Waals surface area contributed by atoms with Gasteiger partial charge in [0.15, 0.2) is 8.32 Å². The van der Waals surface area contributed by atoms with Crippen LogP contribution in [0.4, 0.5) is 0 Å². The Morgan fingerprint density at radius 2 is 1.92 bits per heavy atom. The van der Waals surface area contributed by atoms with E-state index in [1.54, 1.807) is 0 Å². The molecule has 0 bridgehead atoms. The zero-order valence-corrected chi connectivity index (χ0v) is 18.0. The average Bonchev–Trinajstić information content (AvgIpc) is 2.86. The van der Waals surface area contributed by atoms with Crippen molar-refractivity contribution in [3.8, 4) is 0 Å². The fraction of sp³-hybridized carbons (Fsp3) is 0.762. The lowest BCUT2D eigenvalue weighted by Crippen LogP contribution is -2.47. The molecule has 0 aromatic heterocycles. The highest BCUT2D eigenvalue weighted by Crippen LogP contribution is 2.41. The fourth-order valence-corrected chi connectivity index (χ4v) is 4.33. The van der Waals surface area contributed by atoms with Crippen molar-refractivity contribution in [2.45, 2.75) is 90.1 Å². The normalized spacial score (nSPS) is 25.6. The predicted octanol–water partition coefficient (Wildman–Crippen LogP) is 5.27. The van der Waals surface area contributed by atoms with Crippen LogP contribution >= 0.6 is 0 Å². The Hall–Kier alpha value is -0.713. The molecule has 0 aromatic rings. The largest absolute Gasteiger partial charge is 0.410 e. The third kappa shape index (κ3) is 6.50. The molecule has 25 heavy (non-hydrogen) atoms. The molecule has 1 rings (SSSR count). The second kappa shape index (κ2) is 9.84. The molecule has 0 amide bonds. The van der Waals surface area contributed by atoms with Gasteiger partial charge in [0.2, 0.25) is 0 Å². The van der Waals surface area contributed by atoms with Crippen LogP contribution in [0.3, 0.4) is 0 Å². The fourth-order valence-electron chi connectivity index (χ4n) is 3.06. The quantitative estimate of drug-likeness (QED) is 0.248. The van der Waals surface area contributed by atoms with E-state index in [0.717, 1.165) is 12.7 Å². The van der Waals surface area contributed by atoms with E-state index in [0.29, 0.717) is 6.42 Å². The Morgan fingerprint density at radius 1 is 1.24 bits per heavy atom. The zero-order chi connectivity index (χ0) is 19.1. The Labute approximate surface area is 155 Å². The second-order valence-corrected chi connectivity index (χ2v) is 13.5. The van der Waals surface area contributed by atoms with Crippen LogP contribution in [-0.2, 0) is 9.22 Å². The highest BCUT2D eigenvalue weighted by atomic mass is 28.4. The third-order valence-electron chi connectivity index (χ3n) is 5.73. The molecule has 0 unspecified atom stereocenters. The number of aldehydes is 1. The standard InChI is InChI=1S/C21H38O3Si/c1-7-8-9-10-11-12-19(24-25(5,6)21(2,3)4)20-17(15-16-22)13-14-18(20)23/h11-14,16-20,23H,7-10,15H2,1-6H3/b12-11+/t17-,18-,19+,20+/m0/s1. The van der Waals surface area contributed by atoms with Crippen LogP contribution in [0.25, 0.3) is 0 Å². The van der Waals surface area contributed by atoms with Crippen LogP contribution in [0.5, 0.6) is 0 Å². The Bertz CT molecular complexity index is 462. The number of aliphatic hydroxyl groups excluding tert-OH is 1. The van der Waals surface area contributed by atoms with Crippen LogP contribution in [0.15, 0.2) is 24.3 Å². The summed E-state index contributed by atoms with van der Waals surface area (Å²) in [6.45, 7) is 13.4.